The SMILES string of the molecule is COC1CC(NCCC2CCCCC2)C1(C)C. The summed E-state index contributed by atoms with van der Waals surface area (Å²) in [7, 11) is 1.84. The summed E-state index contributed by atoms with van der Waals surface area (Å²) in [5.41, 5.74) is 0.321. The molecule has 0 aromatic rings. The van der Waals surface area contributed by atoms with Crippen LogP contribution in [0, 0.1) is 11.3 Å². The van der Waals surface area contributed by atoms with E-state index in [-0.39, 0.29) is 0 Å². The second kappa shape index (κ2) is 5.71. The molecule has 0 aromatic carbocycles. The van der Waals surface area contributed by atoms with Gasteiger partial charge in [-0.1, -0.05) is 46.0 Å². The summed E-state index contributed by atoms with van der Waals surface area (Å²) in [6.07, 6.45) is 10.4. The molecule has 0 heterocycles. The number of nitrogens with one attached hydrogen (secondary N) is 1. The van der Waals surface area contributed by atoms with Crippen LogP contribution < -0.4 is 5.32 Å². The minimum absolute atomic E-state index is 0.321. The zero-order valence-electron chi connectivity index (χ0n) is 11.8. The fraction of sp³-hybridized carbons (Fsp3) is 1.00. The van der Waals surface area contributed by atoms with E-state index in [1.807, 2.05) is 7.11 Å². The molecule has 2 rings (SSSR count). The minimum Gasteiger partial charge on any atom is -0.381 e. The molecule has 2 nitrogen and oxygen atoms in total. The Hall–Kier alpha value is -0.0800. The highest BCUT2D eigenvalue weighted by molar-refractivity contribution is 5.02. The molecule has 0 amide bonds. The van der Waals surface area contributed by atoms with Crippen molar-refractivity contribution in [3.8, 4) is 0 Å². The van der Waals surface area contributed by atoms with Gasteiger partial charge >= 0.3 is 0 Å². The summed E-state index contributed by atoms with van der Waals surface area (Å²) < 4.78 is 5.49. The molecule has 17 heavy (non-hydrogen) atoms. The molecule has 2 aliphatic carbocycles. The first-order chi connectivity index (χ1) is 8.14. The van der Waals surface area contributed by atoms with Crippen molar-refractivity contribution in [3.05, 3.63) is 0 Å². The summed E-state index contributed by atoms with van der Waals surface area (Å²) in [5.74, 6) is 0.998. The van der Waals surface area contributed by atoms with Crippen molar-refractivity contribution >= 4 is 0 Å². The minimum atomic E-state index is 0.321. The van der Waals surface area contributed by atoms with Crippen LogP contribution >= 0.6 is 0 Å². The highest BCUT2D eigenvalue weighted by Gasteiger charge is 2.48. The molecule has 100 valence electrons. The van der Waals surface area contributed by atoms with E-state index in [1.54, 1.807) is 0 Å². The Morgan fingerprint density at radius 3 is 2.47 bits per heavy atom. The molecule has 2 fully saturated rings. The lowest BCUT2D eigenvalue weighted by Crippen LogP contribution is -2.60. The molecule has 2 atom stereocenters. The predicted octanol–water partition coefficient (Wildman–Crippen LogP) is 3.36. The number of hydrogen-bond acceptors (Lipinski definition) is 2. The molecule has 0 aromatic heterocycles. The lowest BCUT2D eigenvalue weighted by molar-refractivity contribution is -0.0975. The van der Waals surface area contributed by atoms with Gasteiger partial charge in [0.15, 0.2) is 0 Å². The van der Waals surface area contributed by atoms with E-state index >= 15 is 0 Å². The monoisotopic (exact) mass is 239 g/mol. The molecular weight excluding hydrogens is 210 g/mol. The fourth-order valence-corrected chi connectivity index (χ4v) is 3.57. The van der Waals surface area contributed by atoms with Gasteiger partial charge in [0.1, 0.15) is 0 Å². The first kappa shape index (κ1) is 13.4. The maximum absolute atomic E-state index is 5.49. The van der Waals surface area contributed by atoms with Crippen molar-refractivity contribution in [3.63, 3.8) is 0 Å². The van der Waals surface area contributed by atoms with Gasteiger partial charge in [-0.15, -0.1) is 0 Å². The quantitative estimate of drug-likeness (QED) is 0.794. The summed E-state index contributed by atoms with van der Waals surface area (Å²) in [6.45, 7) is 5.85. The van der Waals surface area contributed by atoms with Gasteiger partial charge in [0.2, 0.25) is 0 Å². The van der Waals surface area contributed by atoms with Crippen LogP contribution in [0.4, 0.5) is 0 Å². The lowest BCUT2D eigenvalue weighted by Gasteiger charge is -2.51. The van der Waals surface area contributed by atoms with Crippen LogP contribution in [0.3, 0.4) is 0 Å². The zero-order chi connectivity index (χ0) is 12.3. The molecule has 0 spiro atoms. The number of methoxy groups -OCH3 is 1. The van der Waals surface area contributed by atoms with Gasteiger partial charge in [0.25, 0.3) is 0 Å². The molecule has 0 aliphatic heterocycles. The van der Waals surface area contributed by atoms with Crippen molar-refractivity contribution in [2.75, 3.05) is 13.7 Å². The molecule has 2 unspecified atom stereocenters. The summed E-state index contributed by atoms with van der Waals surface area (Å²) in [5, 5.41) is 3.74. The number of rotatable bonds is 5. The average molecular weight is 239 g/mol. The Labute approximate surface area is 107 Å². The Morgan fingerprint density at radius 1 is 1.18 bits per heavy atom. The van der Waals surface area contributed by atoms with Crippen LogP contribution in [0.25, 0.3) is 0 Å². The Morgan fingerprint density at radius 2 is 1.88 bits per heavy atom. The van der Waals surface area contributed by atoms with Crippen LogP contribution in [0.5, 0.6) is 0 Å². The maximum atomic E-state index is 5.49. The van der Waals surface area contributed by atoms with E-state index in [4.69, 9.17) is 4.74 Å². The van der Waals surface area contributed by atoms with E-state index in [1.165, 1.54) is 51.5 Å². The van der Waals surface area contributed by atoms with Crippen molar-refractivity contribution < 1.29 is 4.74 Å². The van der Waals surface area contributed by atoms with E-state index in [2.05, 4.69) is 19.2 Å². The Bertz CT molecular complexity index is 233. The first-order valence-electron chi connectivity index (χ1n) is 7.40. The fourth-order valence-electron chi connectivity index (χ4n) is 3.57. The Balaban J connectivity index is 1.63. The van der Waals surface area contributed by atoms with Crippen molar-refractivity contribution in [2.24, 2.45) is 11.3 Å². The van der Waals surface area contributed by atoms with Crippen LogP contribution in [0.15, 0.2) is 0 Å². The van der Waals surface area contributed by atoms with E-state index in [9.17, 15) is 0 Å². The van der Waals surface area contributed by atoms with Crippen LogP contribution in [0.1, 0.15) is 58.8 Å². The first-order valence-corrected chi connectivity index (χ1v) is 7.40. The predicted molar refractivity (Wildman–Crippen MR) is 72.2 cm³/mol. The topological polar surface area (TPSA) is 21.3 Å². The highest BCUT2D eigenvalue weighted by Crippen LogP contribution is 2.42. The number of ether oxygens (including phenoxy) is 1. The molecule has 2 saturated carbocycles. The third-order valence-electron chi connectivity index (χ3n) is 5.13. The maximum Gasteiger partial charge on any atom is 0.0652 e. The molecule has 0 saturated heterocycles. The van der Waals surface area contributed by atoms with Gasteiger partial charge in [-0.2, -0.15) is 0 Å². The Kier molecular flexibility index (Phi) is 4.48. The third-order valence-corrected chi connectivity index (χ3v) is 5.13. The van der Waals surface area contributed by atoms with Crippen molar-refractivity contribution in [2.45, 2.75) is 70.9 Å². The van der Waals surface area contributed by atoms with Crippen LogP contribution in [-0.2, 0) is 4.74 Å². The van der Waals surface area contributed by atoms with Gasteiger partial charge < -0.3 is 10.1 Å². The standard InChI is InChI=1S/C15H29NO/c1-15(2)13(11-14(15)17-3)16-10-9-12-7-5-4-6-8-12/h12-14,16H,4-11H2,1-3H3. The second-order valence-electron chi connectivity index (χ2n) is 6.58. The molecule has 0 radical (unpaired) electrons. The molecular formula is C15H29NO. The highest BCUT2D eigenvalue weighted by atomic mass is 16.5. The lowest BCUT2D eigenvalue weighted by atomic mass is 9.64. The molecule has 0 bridgehead atoms. The average Bonchev–Trinajstić information content (AvgIpc) is 2.34. The van der Waals surface area contributed by atoms with Gasteiger partial charge in [0, 0.05) is 18.6 Å². The van der Waals surface area contributed by atoms with Gasteiger partial charge in [-0.25, -0.2) is 0 Å². The van der Waals surface area contributed by atoms with E-state index in [0.29, 0.717) is 17.6 Å². The van der Waals surface area contributed by atoms with Gasteiger partial charge in [0.05, 0.1) is 6.10 Å². The van der Waals surface area contributed by atoms with Crippen molar-refractivity contribution in [1.82, 2.24) is 5.32 Å². The molecule has 2 heteroatoms. The third kappa shape index (κ3) is 3.03. The molecule has 1 N–H and O–H groups in total. The molecule has 2 aliphatic rings. The van der Waals surface area contributed by atoms with Crippen LogP contribution in [-0.4, -0.2) is 25.8 Å². The van der Waals surface area contributed by atoms with Crippen LogP contribution in [0.2, 0.25) is 0 Å². The summed E-state index contributed by atoms with van der Waals surface area (Å²) in [4.78, 5) is 0. The van der Waals surface area contributed by atoms with E-state index in [0.717, 1.165) is 5.92 Å². The zero-order valence-corrected chi connectivity index (χ0v) is 11.8. The number of hydrogen-bond donors (Lipinski definition) is 1. The summed E-state index contributed by atoms with van der Waals surface area (Å²) >= 11 is 0. The van der Waals surface area contributed by atoms with Crippen molar-refractivity contribution in [1.29, 1.82) is 0 Å². The van der Waals surface area contributed by atoms with Gasteiger partial charge in [-0.3, -0.25) is 0 Å². The van der Waals surface area contributed by atoms with Gasteiger partial charge in [-0.05, 0) is 25.3 Å². The smallest absolute Gasteiger partial charge is 0.0652 e. The normalized spacial score (nSPS) is 33.4. The second-order valence-corrected chi connectivity index (χ2v) is 6.58. The van der Waals surface area contributed by atoms with E-state index < -0.39 is 0 Å². The largest absolute Gasteiger partial charge is 0.381 e. The summed E-state index contributed by atoms with van der Waals surface area (Å²) in [6, 6.07) is 0.663.